The summed E-state index contributed by atoms with van der Waals surface area (Å²) in [6, 6.07) is 12.3. The molecule has 2 aromatic heterocycles. The van der Waals surface area contributed by atoms with Crippen LogP contribution < -0.4 is 0 Å². The lowest BCUT2D eigenvalue weighted by atomic mass is 9.90. The number of benzene rings is 1. The van der Waals surface area contributed by atoms with E-state index in [1.807, 2.05) is 42.9 Å². The molecule has 0 amide bonds. The maximum atomic E-state index is 11.6. The summed E-state index contributed by atoms with van der Waals surface area (Å²) in [5.74, 6) is -1.03. The van der Waals surface area contributed by atoms with Crippen molar-refractivity contribution in [2.45, 2.75) is 25.8 Å². The Bertz CT molecular complexity index is 972. The van der Waals surface area contributed by atoms with Gasteiger partial charge in [0.25, 0.3) is 0 Å². The highest BCUT2D eigenvalue weighted by Crippen LogP contribution is 2.34. The van der Waals surface area contributed by atoms with Crippen LogP contribution in [0.2, 0.25) is 0 Å². The number of nitrogens with zero attached hydrogens (tertiary/aromatic N) is 3. The number of aliphatic carboxylic acids is 1. The molecule has 1 aromatic carbocycles. The predicted molar refractivity (Wildman–Crippen MR) is 104 cm³/mol. The number of piperidine rings is 1. The van der Waals surface area contributed by atoms with Gasteiger partial charge < -0.3 is 5.11 Å². The first-order valence-corrected chi connectivity index (χ1v) is 9.35. The number of aryl methyl sites for hydroxylation is 1. The molecule has 1 N–H and O–H groups in total. The lowest BCUT2D eigenvalue weighted by Crippen LogP contribution is -2.41. The van der Waals surface area contributed by atoms with E-state index in [4.69, 9.17) is 0 Å². The molecule has 0 aliphatic carbocycles. The molecule has 3 heterocycles. The number of fused-ring (bicyclic) bond motifs is 1. The Hall–Kier alpha value is -2.79. The molecule has 2 atom stereocenters. The molecule has 3 aromatic rings. The largest absolute Gasteiger partial charge is 0.481 e. The Labute approximate surface area is 158 Å². The summed E-state index contributed by atoms with van der Waals surface area (Å²) in [4.78, 5) is 22.8. The number of pyridine rings is 2. The minimum Gasteiger partial charge on any atom is -0.481 e. The zero-order valence-corrected chi connectivity index (χ0v) is 15.4. The van der Waals surface area contributed by atoms with Crippen LogP contribution in [0.3, 0.4) is 0 Å². The summed E-state index contributed by atoms with van der Waals surface area (Å²) in [6.45, 7) is 3.49. The standard InChI is InChI=1S/C22H23N3O2/c1-15-12-23-9-8-19(15)21(25-10-4-6-17(14-25)22(26)27)18-11-16-5-2-3-7-20(16)24-13-18/h2-3,5,7-9,11-13,17,21H,4,6,10,14H2,1H3,(H,26,27). The lowest BCUT2D eigenvalue weighted by molar-refractivity contribution is -0.143. The van der Waals surface area contributed by atoms with E-state index in [2.05, 4.69) is 33.9 Å². The van der Waals surface area contributed by atoms with Gasteiger partial charge in [0.05, 0.1) is 17.5 Å². The fraction of sp³-hybridized carbons (Fsp3) is 0.318. The molecule has 138 valence electrons. The van der Waals surface area contributed by atoms with E-state index in [1.165, 1.54) is 0 Å². The van der Waals surface area contributed by atoms with Crippen LogP contribution in [0.25, 0.3) is 10.9 Å². The molecule has 1 fully saturated rings. The Morgan fingerprint density at radius 1 is 1.26 bits per heavy atom. The maximum Gasteiger partial charge on any atom is 0.307 e. The quantitative estimate of drug-likeness (QED) is 0.765. The Morgan fingerprint density at radius 3 is 2.93 bits per heavy atom. The highest BCUT2D eigenvalue weighted by atomic mass is 16.4. The molecule has 1 saturated heterocycles. The molecule has 0 saturated carbocycles. The van der Waals surface area contributed by atoms with Crippen LogP contribution in [0, 0.1) is 12.8 Å². The van der Waals surface area contributed by atoms with Crippen LogP contribution in [0.5, 0.6) is 0 Å². The smallest absolute Gasteiger partial charge is 0.307 e. The summed E-state index contributed by atoms with van der Waals surface area (Å²) in [6.07, 6.45) is 7.23. The van der Waals surface area contributed by atoms with Crippen molar-refractivity contribution in [2.75, 3.05) is 13.1 Å². The van der Waals surface area contributed by atoms with Crippen molar-refractivity contribution in [3.63, 3.8) is 0 Å². The first-order chi connectivity index (χ1) is 13.1. The van der Waals surface area contributed by atoms with Crippen LogP contribution >= 0.6 is 0 Å². The van der Waals surface area contributed by atoms with E-state index in [9.17, 15) is 9.90 Å². The number of carbonyl (C=O) groups is 1. The van der Waals surface area contributed by atoms with Crippen LogP contribution in [0.15, 0.2) is 55.0 Å². The number of carboxylic acids is 1. The van der Waals surface area contributed by atoms with Crippen LogP contribution in [0.1, 0.15) is 35.6 Å². The van der Waals surface area contributed by atoms with Crippen molar-refractivity contribution in [1.82, 2.24) is 14.9 Å². The normalized spacial score (nSPS) is 19.1. The molecule has 0 spiro atoms. The van der Waals surface area contributed by atoms with Crippen LogP contribution in [-0.2, 0) is 4.79 Å². The van der Waals surface area contributed by atoms with Gasteiger partial charge in [-0.3, -0.25) is 19.7 Å². The molecular weight excluding hydrogens is 338 g/mol. The van der Waals surface area contributed by atoms with E-state index >= 15 is 0 Å². The molecule has 1 aliphatic heterocycles. The van der Waals surface area contributed by atoms with Gasteiger partial charge >= 0.3 is 5.97 Å². The Morgan fingerprint density at radius 2 is 2.11 bits per heavy atom. The SMILES string of the molecule is Cc1cnccc1C(c1cnc2ccccc2c1)N1CCCC(C(=O)O)C1. The number of carboxylic acid groups (broad SMARTS) is 1. The minimum atomic E-state index is -0.707. The molecule has 5 heteroatoms. The molecule has 1 aliphatic rings. The van der Waals surface area contributed by atoms with Crippen molar-refractivity contribution in [3.8, 4) is 0 Å². The second-order valence-electron chi connectivity index (χ2n) is 7.27. The van der Waals surface area contributed by atoms with E-state index in [0.717, 1.165) is 47.0 Å². The van der Waals surface area contributed by atoms with E-state index in [-0.39, 0.29) is 12.0 Å². The van der Waals surface area contributed by atoms with Gasteiger partial charge in [-0.1, -0.05) is 18.2 Å². The molecule has 0 radical (unpaired) electrons. The monoisotopic (exact) mass is 361 g/mol. The zero-order chi connectivity index (χ0) is 18.8. The third-order valence-corrected chi connectivity index (χ3v) is 5.45. The molecule has 27 heavy (non-hydrogen) atoms. The van der Waals surface area contributed by atoms with Gasteiger partial charge in [0.2, 0.25) is 0 Å². The van der Waals surface area contributed by atoms with Gasteiger partial charge in [-0.2, -0.15) is 0 Å². The number of rotatable bonds is 4. The van der Waals surface area contributed by atoms with Gasteiger partial charge in [0.15, 0.2) is 0 Å². The fourth-order valence-corrected chi connectivity index (χ4v) is 4.06. The summed E-state index contributed by atoms with van der Waals surface area (Å²) in [7, 11) is 0. The van der Waals surface area contributed by atoms with E-state index < -0.39 is 5.97 Å². The topological polar surface area (TPSA) is 66.3 Å². The first kappa shape index (κ1) is 17.6. The number of likely N-dealkylation sites (tertiary alicyclic amines) is 1. The highest BCUT2D eigenvalue weighted by Gasteiger charge is 2.32. The third-order valence-electron chi connectivity index (χ3n) is 5.45. The fourth-order valence-electron chi connectivity index (χ4n) is 4.06. The molecule has 5 nitrogen and oxygen atoms in total. The number of hydrogen-bond donors (Lipinski definition) is 1. The van der Waals surface area contributed by atoms with Gasteiger partial charge in [-0.05, 0) is 61.2 Å². The second-order valence-corrected chi connectivity index (χ2v) is 7.27. The van der Waals surface area contributed by atoms with Gasteiger partial charge in [-0.15, -0.1) is 0 Å². The lowest BCUT2D eigenvalue weighted by Gasteiger charge is -2.38. The van der Waals surface area contributed by atoms with Crippen molar-refractivity contribution in [2.24, 2.45) is 5.92 Å². The Balaban J connectivity index is 1.80. The third kappa shape index (κ3) is 3.55. The van der Waals surface area contributed by atoms with Crippen LogP contribution in [0.4, 0.5) is 0 Å². The zero-order valence-electron chi connectivity index (χ0n) is 15.4. The van der Waals surface area contributed by atoms with E-state index in [1.54, 1.807) is 0 Å². The second kappa shape index (κ2) is 7.45. The van der Waals surface area contributed by atoms with E-state index in [0.29, 0.717) is 6.54 Å². The summed E-state index contributed by atoms with van der Waals surface area (Å²) in [5.41, 5.74) is 4.32. The van der Waals surface area contributed by atoms with Crippen molar-refractivity contribution >= 4 is 16.9 Å². The Kier molecular flexibility index (Phi) is 4.86. The number of aromatic nitrogens is 2. The first-order valence-electron chi connectivity index (χ1n) is 9.35. The minimum absolute atomic E-state index is 0.0211. The van der Waals surface area contributed by atoms with Crippen molar-refractivity contribution < 1.29 is 9.90 Å². The van der Waals surface area contributed by atoms with Gasteiger partial charge in [0, 0.05) is 30.5 Å². The summed E-state index contributed by atoms with van der Waals surface area (Å²) >= 11 is 0. The summed E-state index contributed by atoms with van der Waals surface area (Å²) < 4.78 is 0. The molecule has 2 unspecified atom stereocenters. The maximum absolute atomic E-state index is 11.6. The van der Waals surface area contributed by atoms with Gasteiger partial charge in [0.1, 0.15) is 0 Å². The van der Waals surface area contributed by atoms with Crippen LogP contribution in [-0.4, -0.2) is 39.0 Å². The average Bonchev–Trinajstić information content (AvgIpc) is 2.70. The predicted octanol–water partition coefficient (Wildman–Crippen LogP) is 3.82. The molecular formula is C22H23N3O2. The van der Waals surface area contributed by atoms with Crippen molar-refractivity contribution in [3.05, 3.63) is 71.7 Å². The molecule has 4 rings (SSSR count). The summed E-state index contributed by atoms with van der Waals surface area (Å²) in [5, 5.41) is 10.6. The number of para-hydroxylation sites is 1. The number of hydrogen-bond acceptors (Lipinski definition) is 4. The highest BCUT2D eigenvalue weighted by molar-refractivity contribution is 5.79. The van der Waals surface area contributed by atoms with Gasteiger partial charge in [-0.25, -0.2) is 0 Å². The van der Waals surface area contributed by atoms with Crippen molar-refractivity contribution in [1.29, 1.82) is 0 Å². The average molecular weight is 361 g/mol. The molecule has 0 bridgehead atoms.